The SMILES string of the molecule is Cc1ccn2c(C[C@H]3CN(C(=O)O)CCO3)c(-c3c(F)cc(C(=O)NN)cc3F)nc2c1. The number of morpholine rings is 1. The molecule has 0 spiro atoms. The number of nitrogens with one attached hydrogen (secondary N) is 1. The normalized spacial score (nSPS) is 16.4. The Morgan fingerprint density at radius 3 is 2.69 bits per heavy atom. The molecule has 11 heteroatoms. The number of benzene rings is 1. The minimum atomic E-state index is -1.06. The summed E-state index contributed by atoms with van der Waals surface area (Å²) in [7, 11) is 0. The maximum atomic E-state index is 15.0. The smallest absolute Gasteiger partial charge is 0.407 e. The van der Waals surface area contributed by atoms with Crippen molar-refractivity contribution in [1.29, 1.82) is 0 Å². The lowest BCUT2D eigenvalue weighted by atomic mass is 10.0. The zero-order chi connectivity index (χ0) is 23.0. The number of halogens is 2. The first kappa shape index (κ1) is 21.7. The minimum Gasteiger partial charge on any atom is -0.465 e. The maximum absolute atomic E-state index is 15.0. The van der Waals surface area contributed by atoms with Gasteiger partial charge in [0.2, 0.25) is 0 Å². The van der Waals surface area contributed by atoms with E-state index in [1.807, 2.05) is 18.4 Å². The van der Waals surface area contributed by atoms with E-state index in [2.05, 4.69) is 4.98 Å². The van der Waals surface area contributed by atoms with Gasteiger partial charge in [-0.3, -0.25) is 10.2 Å². The van der Waals surface area contributed by atoms with Crippen LogP contribution in [-0.4, -0.2) is 57.2 Å². The summed E-state index contributed by atoms with van der Waals surface area (Å²) in [5.41, 5.74) is 3.09. The largest absolute Gasteiger partial charge is 0.465 e. The van der Waals surface area contributed by atoms with Crippen molar-refractivity contribution in [1.82, 2.24) is 19.7 Å². The first-order valence-corrected chi connectivity index (χ1v) is 9.86. The zero-order valence-corrected chi connectivity index (χ0v) is 17.1. The number of aromatic nitrogens is 2. The monoisotopic (exact) mass is 445 g/mol. The number of amides is 2. The molecule has 168 valence electrons. The Hall–Kier alpha value is -3.57. The number of aryl methyl sites for hydroxylation is 1. The van der Waals surface area contributed by atoms with Crippen LogP contribution in [0.25, 0.3) is 16.9 Å². The van der Waals surface area contributed by atoms with Crippen LogP contribution in [-0.2, 0) is 11.2 Å². The third-order valence-corrected chi connectivity index (χ3v) is 5.38. The summed E-state index contributed by atoms with van der Waals surface area (Å²) in [4.78, 5) is 28.7. The van der Waals surface area contributed by atoms with Gasteiger partial charge < -0.3 is 19.1 Å². The molecule has 0 radical (unpaired) electrons. The van der Waals surface area contributed by atoms with Gasteiger partial charge in [-0.25, -0.2) is 24.4 Å². The second kappa shape index (κ2) is 8.52. The van der Waals surface area contributed by atoms with Crippen LogP contribution in [0.3, 0.4) is 0 Å². The van der Waals surface area contributed by atoms with Crippen LogP contribution in [0, 0.1) is 18.6 Å². The molecule has 9 nitrogen and oxygen atoms in total. The first-order chi connectivity index (χ1) is 15.3. The highest BCUT2D eigenvalue weighted by molar-refractivity contribution is 5.94. The summed E-state index contributed by atoms with van der Waals surface area (Å²) in [5.74, 6) is 2.29. The summed E-state index contributed by atoms with van der Waals surface area (Å²) in [6.07, 6.45) is 0.333. The summed E-state index contributed by atoms with van der Waals surface area (Å²) >= 11 is 0. The molecule has 4 rings (SSSR count). The van der Waals surface area contributed by atoms with Gasteiger partial charge in [-0.2, -0.15) is 0 Å². The number of nitrogens with zero attached hydrogens (tertiary/aromatic N) is 3. The fourth-order valence-corrected chi connectivity index (χ4v) is 3.84. The number of nitrogens with two attached hydrogens (primary N) is 1. The van der Waals surface area contributed by atoms with Crippen molar-refractivity contribution in [2.45, 2.75) is 19.4 Å². The number of carbonyl (C=O) groups is 2. The third-order valence-electron chi connectivity index (χ3n) is 5.38. The van der Waals surface area contributed by atoms with Crippen LogP contribution < -0.4 is 11.3 Å². The number of pyridine rings is 1. The second-order valence-corrected chi connectivity index (χ2v) is 7.55. The van der Waals surface area contributed by atoms with Crippen molar-refractivity contribution in [3.05, 3.63) is 58.9 Å². The molecule has 0 bridgehead atoms. The predicted octanol–water partition coefficient (Wildman–Crippen LogP) is 2.11. The Morgan fingerprint density at radius 2 is 2.03 bits per heavy atom. The van der Waals surface area contributed by atoms with E-state index in [0.717, 1.165) is 17.7 Å². The third kappa shape index (κ3) is 3.99. The number of rotatable bonds is 4. The van der Waals surface area contributed by atoms with E-state index in [0.29, 0.717) is 11.3 Å². The zero-order valence-electron chi connectivity index (χ0n) is 17.1. The highest BCUT2D eigenvalue weighted by atomic mass is 19.1. The van der Waals surface area contributed by atoms with Crippen molar-refractivity contribution in [2.24, 2.45) is 5.84 Å². The van der Waals surface area contributed by atoms with Crippen LogP contribution in [0.15, 0.2) is 30.5 Å². The van der Waals surface area contributed by atoms with Crippen LogP contribution >= 0.6 is 0 Å². The number of hydrogen-bond donors (Lipinski definition) is 3. The summed E-state index contributed by atoms with van der Waals surface area (Å²) in [6.45, 7) is 2.45. The van der Waals surface area contributed by atoms with Crippen molar-refractivity contribution in [3.63, 3.8) is 0 Å². The topological polar surface area (TPSA) is 122 Å². The van der Waals surface area contributed by atoms with E-state index in [-0.39, 0.29) is 42.9 Å². The van der Waals surface area contributed by atoms with Gasteiger partial charge in [0, 0.05) is 24.7 Å². The van der Waals surface area contributed by atoms with Gasteiger partial charge in [-0.15, -0.1) is 0 Å². The Labute approximate surface area is 181 Å². The van der Waals surface area contributed by atoms with E-state index >= 15 is 8.78 Å². The number of carbonyl (C=O) groups excluding carboxylic acids is 1. The lowest BCUT2D eigenvalue weighted by molar-refractivity contribution is -0.0214. The van der Waals surface area contributed by atoms with Crippen molar-refractivity contribution >= 4 is 17.6 Å². The minimum absolute atomic E-state index is 0.0568. The number of hydrazine groups is 1. The number of nitrogen functional groups attached to an aromatic ring is 1. The van der Waals surface area contributed by atoms with E-state index in [1.165, 1.54) is 4.90 Å². The average molecular weight is 445 g/mol. The highest BCUT2D eigenvalue weighted by Gasteiger charge is 2.28. The Balaban J connectivity index is 1.82. The van der Waals surface area contributed by atoms with Crippen LogP contribution in [0.2, 0.25) is 0 Å². The van der Waals surface area contributed by atoms with Crippen LogP contribution in [0.4, 0.5) is 13.6 Å². The van der Waals surface area contributed by atoms with E-state index in [1.54, 1.807) is 16.7 Å². The second-order valence-electron chi connectivity index (χ2n) is 7.55. The molecule has 3 aromatic rings. The molecule has 2 aromatic heterocycles. The molecule has 0 unspecified atom stereocenters. The number of fused-ring (bicyclic) bond motifs is 1. The molecule has 2 amide bonds. The average Bonchev–Trinajstić information content (AvgIpc) is 3.09. The molecule has 0 aliphatic carbocycles. The fraction of sp³-hybridized carbons (Fsp3) is 0.286. The van der Waals surface area contributed by atoms with Gasteiger partial charge in [0.25, 0.3) is 5.91 Å². The quantitative estimate of drug-likeness (QED) is 0.321. The molecule has 32 heavy (non-hydrogen) atoms. The van der Waals surface area contributed by atoms with Gasteiger partial charge in [0.15, 0.2) is 0 Å². The molecule has 1 aliphatic rings. The molecule has 1 aliphatic heterocycles. The number of carboxylic acid groups (broad SMARTS) is 1. The first-order valence-electron chi connectivity index (χ1n) is 9.86. The predicted molar refractivity (Wildman–Crippen MR) is 110 cm³/mol. The maximum Gasteiger partial charge on any atom is 0.407 e. The Morgan fingerprint density at radius 1 is 1.31 bits per heavy atom. The van der Waals surface area contributed by atoms with Crippen molar-refractivity contribution in [2.75, 3.05) is 19.7 Å². The van der Waals surface area contributed by atoms with Gasteiger partial charge in [0.1, 0.15) is 17.3 Å². The molecule has 1 aromatic carbocycles. The van der Waals surface area contributed by atoms with Crippen LogP contribution in [0.5, 0.6) is 0 Å². The number of hydrogen-bond acceptors (Lipinski definition) is 5. The van der Waals surface area contributed by atoms with Crippen molar-refractivity contribution in [3.8, 4) is 11.3 Å². The number of imidazole rings is 1. The molecule has 1 saturated heterocycles. The Bertz CT molecular complexity index is 1190. The number of ether oxygens (including phenoxy) is 1. The molecule has 0 saturated carbocycles. The Kier molecular flexibility index (Phi) is 5.76. The van der Waals surface area contributed by atoms with E-state index in [4.69, 9.17) is 10.6 Å². The summed E-state index contributed by atoms with van der Waals surface area (Å²) < 4.78 is 37.4. The van der Waals surface area contributed by atoms with Gasteiger partial charge >= 0.3 is 6.09 Å². The molecule has 3 heterocycles. The molecular formula is C21H21F2N5O4. The molecule has 1 fully saturated rings. The van der Waals surface area contributed by atoms with E-state index < -0.39 is 29.7 Å². The van der Waals surface area contributed by atoms with Gasteiger partial charge in [0.05, 0.1) is 36.2 Å². The lowest BCUT2D eigenvalue weighted by Gasteiger charge is -2.31. The summed E-state index contributed by atoms with van der Waals surface area (Å²) in [5, 5.41) is 9.29. The van der Waals surface area contributed by atoms with Crippen LogP contribution in [0.1, 0.15) is 21.6 Å². The van der Waals surface area contributed by atoms with E-state index in [9.17, 15) is 14.7 Å². The standard InChI is InChI=1S/C21H21F2N5O4/c1-11-2-3-28-16(9-13-10-27(21(30)31)4-5-32-13)19(25-17(28)6-11)18-14(22)7-12(8-15(18)23)20(29)26-24/h2-3,6-8,13H,4-5,9-10,24H2,1H3,(H,26,29)(H,30,31)/t13-/m0/s1. The molecule has 4 N–H and O–H groups in total. The summed E-state index contributed by atoms with van der Waals surface area (Å²) in [6, 6.07) is 5.38. The van der Waals surface area contributed by atoms with Gasteiger partial charge in [-0.1, -0.05) is 0 Å². The van der Waals surface area contributed by atoms with Gasteiger partial charge in [-0.05, 0) is 36.8 Å². The highest BCUT2D eigenvalue weighted by Crippen LogP contribution is 2.32. The van der Waals surface area contributed by atoms with Crippen molar-refractivity contribution < 1.29 is 28.2 Å². The lowest BCUT2D eigenvalue weighted by Crippen LogP contribution is -2.45. The molecular weight excluding hydrogens is 424 g/mol. The molecule has 1 atom stereocenters. The fourth-order valence-electron chi connectivity index (χ4n) is 3.84.